The summed E-state index contributed by atoms with van der Waals surface area (Å²) in [6.45, 7) is 23.2. The molecular formula is C41H58O9. The van der Waals surface area contributed by atoms with Crippen LogP contribution in [-0.4, -0.2) is 50.3 Å². The Morgan fingerprint density at radius 3 is 2.00 bits per heavy atom. The first-order valence-electron chi connectivity index (χ1n) is 18.5. The molecule has 0 radical (unpaired) electrons. The van der Waals surface area contributed by atoms with Gasteiger partial charge in [0.05, 0.1) is 33.7 Å². The van der Waals surface area contributed by atoms with Gasteiger partial charge in [0.2, 0.25) is 5.79 Å². The maximum Gasteiger partial charge on any atom is 0.226 e. The summed E-state index contributed by atoms with van der Waals surface area (Å²) in [5, 5.41) is 37.2. The van der Waals surface area contributed by atoms with E-state index in [9.17, 15) is 34.5 Å². The van der Waals surface area contributed by atoms with E-state index in [4.69, 9.17) is 9.47 Å². The van der Waals surface area contributed by atoms with Crippen LogP contribution in [0.4, 0.5) is 0 Å². The van der Waals surface area contributed by atoms with Gasteiger partial charge >= 0.3 is 0 Å². The van der Waals surface area contributed by atoms with Crippen LogP contribution in [0.2, 0.25) is 0 Å². The summed E-state index contributed by atoms with van der Waals surface area (Å²) < 4.78 is 13.4. The third kappa shape index (κ3) is 4.99. The van der Waals surface area contributed by atoms with Gasteiger partial charge in [-0.1, -0.05) is 61.3 Å². The fraction of sp³-hybridized carbons (Fsp3) is 0.707. The molecule has 1 saturated carbocycles. The summed E-state index contributed by atoms with van der Waals surface area (Å²) in [4.78, 5) is 56.7. The van der Waals surface area contributed by atoms with Gasteiger partial charge in [-0.25, -0.2) is 0 Å². The number of ether oxygens (including phenoxy) is 2. The number of unbranched alkanes of at least 4 members (excludes halogenated alkanes) is 2. The van der Waals surface area contributed by atoms with E-state index in [-0.39, 0.29) is 64.0 Å². The molecule has 50 heavy (non-hydrogen) atoms. The third-order valence-corrected chi connectivity index (χ3v) is 12.4. The third-order valence-electron chi connectivity index (χ3n) is 12.4. The highest BCUT2D eigenvalue weighted by atomic mass is 16.6. The molecule has 3 N–H and O–H groups in total. The highest BCUT2D eigenvalue weighted by Crippen LogP contribution is 2.67. The lowest BCUT2D eigenvalue weighted by Gasteiger charge is -2.61. The van der Waals surface area contributed by atoms with Crippen LogP contribution >= 0.6 is 0 Å². The summed E-state index contributed by atoms with van der Waals surface area (Å²) in [7, 11) is 0. The van der Waals surface area contributed by atoms with Gasteiger partial charge in [-0.3, -0.25) is 19.2 Å². The zero-order chi connectivity index (χ0) is 37.8. The number of aliphatic hydroxyl groups excluding tert-OH is 1. The Labute approximate surface area is 297 Å². The van der Waals surface area contributed by atoms with E-state index < -0.39 is 62.9 Å². The lowest BCUT2D eigenvalue weighted by Crippen LogP contribution is -2.73. The molecule has 2 aliphatic carbocycles. The molecule has 0 aromatic heterocycles. The first-order chi connectivity index (χ1) is 22.8. The number of aliphatic hydroxyl groups is 2. The van der Waals surface area contributed by atoms with Crippen LogP contribution in [0.5, 0.6) is 17.2 Å². The van der Waals surface area contributed by atoms with E-state index in [0.717, 1.165) is 12.8 Å². The minimum atomic E-state index is -2.27. The van der Waals surface area contributed by atoms with Gasteiger partial charge in [0.1, 0.15) is 28.6 Å². The normalized spacial score (nSPS) is 30.3. The number of rotatable bonds is 8. The summed E-state index contributed by atoms with van der Waals surface area (Å²) in [6.07, 6.45) is 1.36. The van der Waals surface area contributed by atoms with Crippen molar-refractivity contribution in [3.05, 3.63) is 28.0 Å². The molecule has 2 aliphatic heterocycles. The number of hydrogen-bond donors (Lipinski definition) is 3. The number of Topliss-reactive ketones (excluding diaryl/α,β-unsaturated/α-hetero) is 4. The topological polar surface area (TPSA) is 147 Å². The number of phenolic OH excluding ortho intramolecular Hbond substituents is 1. The Morgan fingerprint density at radius 2 is 1.46 bits per heavy atom. The van der Waals surface area contributed by atoms with Crippen molar-refractivity contribution in [1.82, 2.24) is 0 Å². The smallest absolute Gasteiger partial charge is 0.226 e. The summed E-state index contributed by atoms with van der Waals surface area (Å²) >= 11 is 0. The molecule has 0 saturated heterocycles. The first kappa shape index (κ1) is 38.2. The molecular weight excluding hydrogens is 636 g/mol. The summed E-state index contributed by atoms with van der Waals surface area (Å²) in [6, 6.07) is 0. The number of hydrogen-bond acceptors (Lipinski definition) is 9. The van der Waals surface area contributed by atoms with E-state index in [0.29, 0.717) is 24.0 Å². The van der Waals surface area contributed by atoms with E-state index in [1.807, 2.05) is 34.6 Å². The van der Waals surface area contributed by atoms with Crippen LogP contribution in [0.15, 0.2) is 11.3 Å². The maximum absolute atomic E-state index is 14.4. The number of carbonyl (C=O) groups is 4. The number of aromatic hydroxyl groups is 1. The van der Waals surface area contributed by atoms with E-state index in [2.05, 4.69) is 0 Å². The zero-order valence-electron chi connectivity index (χ0n) is 32.3. The van der Waals surface area contributed by atoms with Gasteiger partial charge in [0.25, 0.3) is 0 Å². The van der Waals surface area contributed by atoms with Crippen LogP contribution in [0.25, 0.3) is 0 Å². The predicted molar refractivity (Wildman–Crippen MR) is 189 cm³/mol. The molecule has 1 aromatic rings. The standard InChI is InChI=1S/C41H58O9/c1-14-15-16-17-22(42)26-29(43)24-21(18-19(2)3)25-32(44)37(6,7)35(46)39(10,11)34(25)49-30(24)27-23(20(4)5)28-33(45)38(8,9)36(47)40(12,13)41(28,48)50-31(26)27/h19-21,23,28,33,43,45,48H,14-18H2,1-13H3/t21-,23-,28-,33?,41+/m1/s1. The van der Waals surface area contributed by atoms with Gasteiger partial charge in [0, 0.05) is 35.0 Å². The molecule has 5 rings (SSSR count). The molecule has 0 bridgehead atoms. The molecule has 1 aromatic carbocycles. The molecule has 0 spiro atoms. The number of allylic oxidation sites excluding steroid dienone is 2. The van der Waals surface area contributed by atoms with Crippen molar-refractivity contribution in [2.45, 2.75) is 146 Å². The zero-order valence-corrected chi connectivity index (χ0v) is 32.3. The van der Waals surface area contributed by atoms with Crippen LogP contribution in [0.3, 0.4) is 0 Å². The average Bonchev–Trinajstić information content (AvgIpc) is 3.00. The lowest BCUT2D eigenvalue weighted by molar-refractivity contribution is -0.299. The Morgan fingerprint density at radius 1 is 0.860 bits per heavy atom. The summed E-state index contributed by atoms with van der Waals surface area (Å²) in [5.74, 6) is -6.59. The van der Waals surface area contributed by atoms with Crippen LogP contribution in [-0.2, 0) is 14.4 Å². The van der Waals surface area contributed by atoms with Gasteiger partial charge in [0.15, 0.2) is 23.1 Å². The molecule has 5 atom stereocenters. The molecule has 4 aliphatic rings. The molecule has 276 valence electrons. The lowest BCUT2D eigenvalue weighted by atomic mass is 9.50. The molecule has 1 unspecified atom stereocenters. The van der Waals surface area contributed by atoms with Crippen molar-refractivity contribution in [2.75, 3.05) is 0 Å². The van der Waals surface area contributed by atoms with E-state index in [1.54, 1.807) is 55.4 Å². The van der Waals surface area contributed by atoms with E-state index in [1.165, 1.54) is 0 Å². The van der Waals surface area contributed by atoms with Gasteiger partial charge < -0.3 is 24.8 Å². The number of phenols is 1. The molecule has 0 amide bonds. The van der Waals surface area contributed by atoms with Gasteiger partial charge in [-0.15, -0.1) is 0 Å². The Hall–Kier alpha value is -3.04. The fourth-order valence-electron chi connectivity index (χ4n) is 9.61. The number of ketones is 4. The van der Waals surface area contributed by atoms with Crippen molar-refractivity contribution < 1.29 is 44.0 Å². The second-order valence-corrected chi connectivity index (χ2v) is 18.2. The van der Waals surface area contributed by atoms with Crippen molar-refractivity contribution >= 4 is 23.1 Å². The van der Waals surface area contributed by atoms with Crippen LogP contribution in [0, 0.1) is 39.4 Å². The van der Waals surface area contributed by atoms with Crippen molar-refractivity contribution in [2.24, 2.45) is 39.4 Å². The Kier molecular flexibility index (Phi) is 9.17. The monoisotopic (exact) mass is 694 g/mol. The predicted octanol–water partition coefficient (Wildman–Crippen LogP) is 7.57. The fourth-order valence-corrected chi connectivity index (χ4v) is 9.61. The highest BCUT2D eigenvalue weighted by molar-refractivity contribution is 6.20. The molecule has 1 fully saturated rings. The summed E-state index contributed by atoms with van der Waals surface area (Å²) in [5.41, 5.74) is -4.50. The quantitative estimate of drug-likeness (QED) is 0.142. The number of fused-ring (bicyclic) bond motifs is 4. The minimum absolute atomic E-state index is 0.0329. The van der Waals surface area contributed by atoms with Crippen LogP contribution < -0.4 is 9.47 Å². The largest absolute Gasteiger partial charge is 0.507 e. The van der Waals surface area contributed by atoms with Crippen LogP contribution in [0.1, 0.15) is 155 Å². The van der Waals surface area contributed by atoms with Crippen molar-refractivity contribution in [3.8, 4) is 17.2 Å². The number of carbonyl (C=O) groups excluding carboxylic acids is 4. The average molecular weight is 695 g/mol. The second kappa shape index (κ2) is 12.0. The van der Waals surface area contributed by atoms with E-state index >= 15 is 0 Å². The number of benzene rings is 1. The molecule has 2 heterocycles. The minimum Gasteiger partial charge on any atom is -0.507 e. The SMILES string of the molecule is CCCCCC(=O)c1c(O)c2c(c3c1O[C@@]1(O)[C@@H](C(O)C(C)(C)C(=O)C1(C)C)[C@@H]3C(C)C)OC1=C(C(=O)C(C)(C)C(=O)C1(C)C)[C@@H]2CC(C)C. The Balaban J connectivity index is 1.95. The first-order valence-corrected chi connectivity index (χ1v) is 18.5. The molecule has 9 heteroatoms. The second-order valence-electron chi connectivity index (χ2n) is 18.2. The molecule has 9 nitrogen and oxygen atoms in total. The van der Waals surface area contributed by atoms with Gasteiger partial charge in [-0.05, 0) is 66.2 Å². The maximum atomic E-state index is 14.4. The van der Waals surface area contributed by atoms with Crippen molar-refractivity contribution in [3.63, 3.8) is 0 Å². The van der Waals surface area contributed by atoms with Crippen molar-refractivity contribution in [1.29, 1.82) is 0 Å². The highest BCUT2D eigenvalue weighted by Gasteiger charge is 2.72. The van der Waals surface area contributed by atoms with Gasteiger partial charge in [-0.2, -0.15) is 0 Å². The Bertz CT molecular complexity index is 1690.